The summed E-state index contributed by atoms with van der Waals surface area (Å²) in [6.45, 7) is 2.90. The van der Waals surface area contributed by atoms with Crippen molar-refractivity contribution >= 4 is 15.7 Å². The van der Waals surface area contributed by atoms with Gasteiger partial charge in [0.15, 0.2) is 0 Å². The highest BCUT2D eigenvalue weighted by Crippen LogP contribution is 2.30. The minimum absolute atomic E-state index is 0.0556. The van der Waals surface area contributed by atoms with Crippen molar-refractivity contribution in [3.05, 3.63) is 29.8 Å². The Morgan fingerprint density at radius 1 is 1.29 bits per heavy atom. The molecule has 1 aromatic rings. The van der Waals surface area contributed by atoms with Crippen molar-refractivity contribution in [2.75, 3.05) is 13.1 Å². The second-order valence-corrected chi connectivity index (χ2v) is 7.93. The molecule has 134 valence electrons. The minimum Gasteiger partial charge on any atom is -0.338 e. The van der Waals surface area contributed by atoms with Crippen molar-refractivity contribution < 1.29 is 26.4 Å². The highest BCUT2D eigenvalue weighted by atomic mass is 32.2. The molecule has 0 unspecified atom stereocenters. The van der Waals surface area contributed by atoms with Gasteiger partial charge >= 0.3 is 5.51 Å². The zero-order valence-electron chi connectivity index (χ0n) is 13.1. The maximum atomic E-state index is 12.5. The molecule has 0 radical (unpaired) electrons. The SMILES string of the molecule is C[C@@H](N)[C@H]1CCCN(C(=O)c2ccc(S(=O)(=O)C(F)(F)F)cc2)C1. The van der Waals surface area contributed by atoms with Crippen LogP contribution in [0.25, 0.3) is 0 Å². The molecular weight excluding hydrogens is 345 g/mol. The Labute approximate surface area is 138 Å². The molecule has 1 aliphatic heterocycles. The van der Waals surface area contributed by atoms with Crippen molar-refractivity contribution in [2.45, 2.75) is 36.2 Å². The van der Waals surface area contributed by atoms with E-state index in [0.717, 1.165) is 37.1 Å². The van der Waals surface area contributed by atoms with E-state index in [4.69, 9.17) is 5.73 Å². The van der Waals surface area contributed by atoms with Crippen molar-refractivity contribution in [3.63, 3.8) is 0 Å². The van der Waals surface area contributed by atoms with Crippen LogP contribution in [0.2, 0.25) is 0 Å². The monoisotopic (exact) mass is 364 g/mol. The van der Waals surface area contributed by atoms with Crippen LogP contribution >= 0.6 is 0 Å². The van der Waals surface area contributed by atoms with E-state index in [9.17, 15) is 26.4 Å². The number of hydrogen-bond acceptors (Lipinski definition) is 4. The van der Waals surface area contributed by atoms with Crippen molar-refractivity contribution in [3.8, 4) is 0 Å². The van der Waals surface area contributed by atoms with Crippen LogP contribution in [0.5, 0.6) is 0 Å². The van der Waals surface area contributed by atoms with Crippen LogP contribution in [0.3, 0.4) is 0 Å². The van der Waals surface area contributed by atoms with E-state index in [2.05, 4.69) is 0 Å². The quantitative estimate of drug-likeness (QED) is 0.891. The summed E-state index contributed by atoms with van der Waals surface area (Å²) >= 11 is 0. The van der Waals surface area contributed by atoms with Gasteiger partial charge in [0.1, 0.15) is 0 Å². The number of carbonyl (C=O) groups is 1. The van der Waals surface area contributed by atoms with Crippen LogP contribution in [0.4, 0.5) is 13.2 Å². The van der Waals surface area contributed by atoms with E-state index in [1.165, 1.54) is 0 Å². The van der Waals surface area contributed by atoms with Gasteiger partial charge in [-0.25, -0.2) is 8.42 Å². The average molecular weight is 364 g/mol. The van der Waals surface area contributed by atoms with Crippen LogP contribution < -0.4 is 5.73 Å². The fourth-order valence-electron chi connectivity index (χ4n) is 2.72. The Morgan fingerprint density at radius 2 is 1.88 bits per heavy atom. The molecule has 0 aliphatic carbocycles. The van der Waals surface area contributed by atoms with Gasteiger partial charge < -0.3 is 10.6 Å². The number of likely N-dealkylation sites (tertiary alicyclic amines) is 1. The fraction of sp³-hybridized carbons (Fsp3) is 0.533. The number of carbonyl (C=O) groups excluding carboxylic acids is 1. The Balaban J connectivity index is 2.18. The summed E-state index contributed by atoms with van der Waals surface area (Å²) < 4.78 is 60.2. The van der Waals surface area contributed by atoms with E-state index in [1.807, 2.05) is 6.92 Å². The molecule has 5 nitrogen and oxygen atoms in total. The summed E-state index contributed by atoms with van der Waals surface area (Å²) in [5, 5.41) is 0. The molecule has 2 N–H and O–H groups in total. The molecule has 1 saturated heterocycles. The summed E-state index contributed by atoms with van der Waals surface area (Å²) in [5.74, 6) is -0.163. The van der Waals surface area contributed by atoms with E-state index in [0.29, 0.717) is 13.1 Å². The molecule has 1 aromatic carbocycles. The third-order valence-electron chi connectivity index (χ3n) is 4.20. The lowest BCUT2D eigenvalue weighted by Crippen LogP contribution is -2.45. The molecule has 2 rings (SSSR count). The molecule has 1 aliphatic rings. The first kappa shape index (κ1) is 18.7. The second kappa shape index (κ2) is 6.72. The van der Waals surface area contributed by atoms with Gasteiger partial charge in [0.25, 0.3) is 15.7 Å². The predicted octanol–water partition coefficient (Wildman–Crippen LogP) is 2.18. The number of rotatable bonds is 3. The molecule has 0 aromatic heterocycles. The fourth-order valence-corrected chi connectivity index (χ4v) is 3.48. The second-order valence-electron chi connectivity index (χ2n) is 5.99. The first-order valence-electron chi connectivity index (χ1n) is 7.50. The van der Waals surface area contributed by atoms with E-state index < -0.39 is 20.2 Å². The van der Waals surface area contributed by atoms with Crippen molar-refractivity contribution in [1.82, 2.24) is 4.90 Å². The number of nitrogens with two attached hydrogens (primary N) is 1. The zero-order valence-corrected chi connectivity index (χ0v) is 13.9. The van der Waals surface area contributed by atoms with E-state index >= 15 is 0 Å². The van der Waals surface area contributed by atoms with Crippen molar-refractivity contribution in [2.24, 2.45) is 11.7 Å². The van der Waals surface area contributed by atoms with Crippen LogP contribution in [-0.2, 0) is 9.84 Å². The first-order valence-corrected chi connectivity index (χ1v) is 8.98. The normalized spacial score (nSPS) is 20.7. The molecular formula is C15H19F3N2O3S. The lowest BCUT2D eigenvalue weighted by molar-refractivity contribution is -0.0436. The molecule has 9 heteroatoms. The van der Waals surface area contributed by atoms with Crippen LogP contribution in [0.1, 0.15) is 30.1 Å². The molecule has 24 heavy (non-hydrogen) atoms. The smallest absolute Gasteiger partial charge is 0.338 e. The first-order chi connectivity index (χ1) is 11.0. The van der Waals surface area contributed by atoms with E-state index in [1.54, 1.807) is 4.90 Å². The number of alkyl halides is 3. The zero-order chi connectivity index (χ0) is 18.1. The predicted molar refractivity (Wildman–Crippen MR) is 82.0 cm³/mol. The van der Waals surface area contributed by atoms with Gasteiger partial charge in [-0.2, -0.15) is 13.2 Å². The van der Waals surface area contributed by atoms with Gasteiger partial charge in [0.2, 0.25) is 0 Å². The van der Waals surface area contributed by atoms with Gasteiger partial charge in [-0.3, -0.25) is 4.79 Å². The summed E-state index contributed by atoms with van der Waals surface area (Å²) in [4.78, 5) is 13.2. The Hall–Kier alpha value is -1.61. The average Bonchev–Trinajstić information content (AvgIpc) is 2.53. The third kappa shape index (κ3) is 3.72. The van der Waals surface area contributed by atoms with Crippen LogP contribution in [-0.4, -0.2) is 43.9 Å². The minimum atomic E-state index is -5.41. The number of sulfone groups is 1. The summed E-state index contributed by atoms with van der Waals surface area (Å²) in [6, 6.07) is 3.78. The molecule has 0 bridgehead atoms. The Bertz CT molecular complexity index is 700. The Morgan fingerprint density at radius 3 is 2.38 bits per heavy atom. The maximum absolute atomic E-state index is 12.5. The largest absolute Gasteiger partial charge is 0.501 e. The molecule has 1 fully saturated rings. The van der Waals surface area contributed by atoms with E-state index in [-0.39, 0.29) is 23.4 Å². The molecule has 1 heterocycles. The number of amides is 1. The van der Waals surface area contributed by atoms with Crippen molar-refractivity contribution in [1.29, 1.82) is 0 Å². The summed E-state index contributed by atoms with van der Waals surface area (Å²) in [6.07, 6.45) is 1.72. The lowest BCUT2D eigenvalue weighted by Gasteiger charge is -2.34. The molecule has 2 atom stereocenters. The van der Waals surface area contributed by atoms with Gasteiger partial charge in [0.05, 0.1) is 4.90 Å². The van der Waals surface area contributed by atoms with Gasteiger partial charge in [-0.1, -0.05) is 0 Å². The number of hydrogen-bond donors (Lipinski definition) is 1. The molecule has 1 amide bonds. The highest BCUT2D eigenvalue weighted by molar-refractivity contribution is 7.92. The standard InChI is InChI=1S/C15H19F3N2O3S/c1-10(19)12-3-2-8-20(9-12)14(21)11-4-6-13(7-5-11)24(22,23)15(16,17)18/h4-7,10,12H,2-3,8-9,19H2,1H3/t10-,12+/m1/s1. The van der Waals surface area contributed by atoms with Gasteiger partial charge in [-0.15, -0.1) is 0 Å². The van der Waals surface area contributed by atoms with Gasteiger partial charge in [0, 0.05) is 24.7 Å². The maximum Gasteiger partial charge on any atom is 0.501 e. The third-order valence-corrected chi connectivity index (χ3v) is 5.71. The Kier molecular flexibility index (Phi) is 5.24. The number of halogens is 3. The molecule has 0 saturated carbocycles. The number of nitrogens with zero attached hydrogens (tertiary/aromatic N) is 1. The van der Waals surface area contributed by atoms with Crippen LogP contribution in [0.15, 0.2) is 29.2 Å². The summed E-state index contributed by atoms with van der Waals surface area (Å²) in [7, 11) is -5.41. The van der Waals surface area contributed by atoms with Gasteiger partial charge in [-0.05, 0) is 49.9 Å². The number of piperidine rings is 1. The highest BCUT2D eigenvalue weighted by Gasteiger charge is 2.46. The molecule has 0 spiro atoms. The van der Waals surface area contributed by atoms with Crippen LogP contribution in [0, 0.1) is 5.92 Å². The topological polar surface area (TPSA) is 80.5 Å². The number of benzene rings is 1. The summed E-state index contributed by atoms with van der Waals surface area (Å²) in [5.41, 5.74) is 0.654. The lowest BCUT2D eigenvalue weighted by atomic mass is 9.92.